The predicted molar refractivity (Wildman–Crippen MR) is 122 cm³/mol. The Morgan fingerprint density at radius 3 is 2.25 bits per heavy atom. The number of amides is 3. The molecule has 4 saturated carbocycles. The molecule has 4 fully saturated rings. The third-order valence-corrected chi connectivity index (χ3v) is 7.53. The molecule has 4 aliphatic rings. The average molecular weight is 445 g/mol. The number of halogens is 1. The van der Waals surface area contributed by atoms with Crippen molar-refractivity contribution in [1.82, 2.24) is 20.4 Å². The minimum Gasteiger partial charge on any atom is -0.338 e. The zero-order valence-corrected chi connectivity index (χ0v) is 19.4. The first kappa shape index (κ1) is 23.0. The summed E-state index contributed by atoms with van der Waals surface area (Å²) in [6.45, 7) is 1.73. The average Bonchev–Trinajstić information content (AvgIpc) is 2.70. The second-order valence-corrected chi connectivity index (χ2v) is 10.5. The van der Waals surface area contributed by atoms with E-state index in [1.54, 1.807) is 23.1 Å². The van der Waals surface area contributed by atoms with Crippen molar-refractivity contribution in [3.05, 3.63) is 35.6 Å². The fourth-order valence-corrected chi connectivity index (χ4v) is 6.43. The van der Waals surface area contributed by atoms with Crippen LogP contribution in [0.4, 0.5) is 9.18 Å². The molecule has 0 heterocycles. The summed E-state index contributed by atoms with van der Waals surface area (Å²) in [5.41, 5.74) is 0.470. The third kappa shape index (κ3) is 5.61. The van der Waals surface area contributed by atoms with E-state index in [-0.39, 0.29) is 42.8 Å². The predicted octanol–water partition coefficient (Wildman–Crippen LogP) is 3.37. The Bertz CT molecular complexity index is 793. The lowest BCUT2D eigenvalue weighted by atomic mass is 9.53. The van der Waals surface area contributed by atoms with Gasteiger partial charge in [0.2, 0.25) is 5.91 Å². The number of nitrogens with one attached hydrogen (secondary N) is 2. The van der Waals surface area contributed by atoms with E-state index in [0.29, 0.717) is 18.7 Å². The minimum absolute atomic E-state index is 0.0363. The van der Waals surface area contributed by atoms with Gasteiger partial charge in [0.25, 0.3) is 0 Å². The summed E-state index contributed by atoms with van der Waals surface area (Å²) in [5.74, 6) is 1.93. The first-order valence-electron chi connectivity index (χ1n) is 12.0. The fraction of sp³-hybridized carbons (Fsp3) is 0.680. The van der Waals surface area contributed by atoms with Crippen LogP contribution in [-0.4, -0.2) is 61.0 Å². The first-order valence-corrected chi connectivity index (χ1v) is 12.0. The summed E-state index contributed by atoms with van der Waals surface area (Å²) in [6, 6.07) is 6.40. The van der Waals surface area contributed by atoms with Crippen LogP contribution < -0.4 is 10.6 Å². The molecule has 4 bridgehead atoms. The Balaban J connectivity index is 1.27. The molecule has 0 aliphatic heterocycles. The Morgan fingerprint density at radius 1 is 1.03 bits per heavy atom. The van der Waals surface area contributed by atoms with Crippen LogP contribution in [0.15, 0.2) is 24.3 Å². The zero-order chi connectivity index (χ0) is 22.7. The van der Waals surface area contributed by atoms with E-state index < -0.39 is 0 Å². The van der Waals surface area contributed by atoms with E-state index >= 15 is 0 Å². The van der Waals surface area contributed by atoms with Crippen molar-refractivity contribution in [2.24, 2.45) is 17.8 Å². The number of urea groups is 1. The Morgan fingerprint density at radius 2 is 1.66 bits per heavy atom. The molecular formula is C25H37FN4O2. The highest BCUT2D eigenvalue weighted by atomic mass is 19.1. The van der Waals surface area contributed by atoms with Crippen molar-refractivity contribution in [1.29, 1.82) is 0 Å². The summed E-state index contributed by atoms with van der Waals surface area (Å²) in [6.07, 6.45) is 7.52. The summed E-state index contributed by atoms with van der Waals surface area (Å²) < 4.78 is 14.1. The van der Waals surface area contributed by atoms with Gasteiger partial charge in [0.05, 0.1) is 0 Å². The van der Waals surface area contributed by atoms with Crippen LogP contribution >= 0.6 is 0 Å². The highest BCUT2D eigenvalue weighted by Gasteiger charge is 2.51. The van der Waals surface area contributed by atoms with Gasteiger partial charge in [-0.05, 0) is 76.4 Å². The smallest absolute Gasteiger partial charge is 0.315 e. The van der Waals surface area contributed by atoms with Crippen molar-refractivity contribution >= 4 is 11.9 Å². The van der Waals surface area contributed by atoms with E-state index in [2.05, 4.69) is 10.6 Å². The number of carbonyl (C=O) groups is 2. The number of nitrogens with zero attached hydrogens (tertiary/aromatic N) is 2. The summed E-state index contributed by atoms with van der Waals surface area (Å²) in [5, 5.41) is 6.19. The second kappa shape index (κ2) is 9.77. The number of carbonyl (C=O) groups excluding carboxylic acids is 2. The van der Waals surface area contributed by atoms with Gasteiger partial charge in [-0.15, -0.1) is 0 Å². The van der Waals surface area contributed by atoms with Gasteiger partial charge in [0, 0.05) is 43.7 Å². The molecule has 0 unspecified atom stereocenters. The van der Waals surface area contributed by atoms with Crippen LogP contribution in [0, 0.1) is 23.6 Å². The van der Waals surface area contributed by atoms with Crippen molar-refractivity contribution in [3.63, 3.8) is 0 Å². The molecule has 0 spiro atoms. The maximum atomic E-state index is 14.1. The number of benzene rings is 1. The standard InChI is InChI=1S/C25H37FN4O2/c1-29(2)9-10-30(17-21-5-3-4-6-22(21)26)23(31)7-8-27-24(32)28-25-14-18-11-19(15-25)13-20(12-18)16-25/h3-6,18-20H,7-17H2,1-2H3,(H2,27,28,32). The van der Waals surface area contributed by atoms with Gasteiger partial charge in [-0.2, -0.15) is 0 Å². The Kier molecular flexibility index (Phi) is 7.03. The van der Waals surface area contributed by atoms with Crippen molar-refractivity contribution in [2.45, 2.75) is 57.0 Å². The van der Waals surface area contributed by atoms with Gasteiger partial charge >= 0.3 is 6.03 Å². The summed E-state index contributed by atoms with van der Waals surface area (Å²) >= 11 is 0. The topological polar surface area (TPSA) is 64.7 Å². The SMILES string of the molecule is CN(C)CCN(Cc1ccccc1F)C(=O)CCNC(=O)NC12CC3CC(CC(C3)C1)C2. The fourth-order valence-electron chi connectivity index (χ4n) is 6.43. The molecule has 3 amide bonds. The van der Waals surface area contributed by atoms with Crippen LogP contribution in [-0.2, 0) is 11.3 Å². The summed E-state index contributed by atoms with van der Waals surface area (Å²) in [7, 11) is 3.89. The molecular weight excluding hydrogens is 407 g/mol. The molecule has 176 valence electrons. The monoisotopic (exact) mass is 444 g/mol. The lowest BCUT2D eigenvalue weighted by molar-refractivity contribution is -0.131. The van der Waals surface area contributed by atoms with Gasteiger partial charge in [-0.25, -0.2) is 9.18 Å². The summed E-state index contributed by atoms with van der Waals surface area (Å²) in [4.78, 5) is 29.2. The molecule has 1 aromatic rings. The molecule has 0 atom stereocenters. The molecule has 2 N–H and O–H groups in total. The van der Waals surface area contributed by atoms with Crippen LogP contribution in [0.2, 0.25) is 0 Å². The van der Waals surface area contributed by atoms with Crippen molar-refractivity contribution in [3.8, 4) is 0 Å². The number of hydrogen-bond acceptors (Lipinski definition) is 3. The van der Waals surface area contributed by atoms with E-state index in [4.69, 9.17) is 0 Å². The Labute approximate surface area is 190 Å². The van der Waals surface area contributed by atoms with Crippen LogP contribution in [0.1, 0.15) is 50.5 Å². The molecule has 0 radical (unpaired) electrons. The molecule has 7 heteroatoms. The maximum absolute atomic E-state index is 14.1. The number of likely N-dealkylation sites (N-methyl/N-ethyl adjacent to an activating group) is 1. The van der Waals surface area contributed by atoms with Crippen LogP contribution in [0.3, 0.4) is 0 Å². The molecule has 5 rings (SSSR count). The second-order valence-electron chi connectivity index (χ2n) is 10.5. The minimum atomic E-state index is -0.303. The maximum Gasteiger partial charge on any atom is 0.315 e. The van der Waals surface area contributed by atoms with Gasteiger partial charge < -0.3 is 20.4 Å². The quantitative estimate of drug-likeness (QED) is 0.614. The van der Waals surface area contributed by atoms with Crippen molar-refractivity contribution in [2.75, 3.05) is 33.7 Å². The molecule has 0 saturated heterocycles. The lowest BCUT2D eigenvalue weighted by Gasteiger charge is -2.56. The number of hydrogen-bond donors (Lipinski definition) is 2. The molecule has 1 aromatic carbocycles. The zero-order valence-electron chi connectivity index (χ0n) is 19.4. The lowest BCUT2D eigenvalue weighted by Crippen LogP contribution is -2.61. The molecule has 4 aliphatic carbocycles. The van der Waals surface area contributed by atoms with E-state index in [9.17, 15) is 14.0 Å². The van der Waals surface area contributed by atoms with Crippen LogP contribution in [0.5, 0.6) is 0 Å². The van der Waals surface area contributed by atoms with Crippen LogP contribution in [0.25, 0.3) is 0 Å². The number of rotatable bonds is 9. The first-order chi connectivity index (χ1) is 15.3. The largest absolute Gasteiger partial charge is 0.338 e. The molecule has 0 aromatic heterocycles. The van der Waals surface area contributed by atoms with E-state index in [0.717, 1.165) is 37.0 Å². The van der Waals surface area contributed by atoms with Gasteiger partial charge in [-0.1, -0.05) is 18.2 Å². The molecule has 32 heavy (non-hydrogen) atoms. The van der Waals surface area contributed by atoms with Crippen molar-refractivity contribution < 1.29 is 14.0 Å². The van der Waals surface area contributed by atoms with E-state index in [1.165, 1.54) is 25.3 Å². The Hall–Kier alpha value is -2.15. The highest BCUT2D eigenvalue weighted by molar-refractivity contribution is 5.78. The van der Waals surface area contributed by atoms with Gasteiger partial charge in [-0.3, -0.25) is 4.79 Å². The van der Waals surface area contributed by atoms with Gasteiger partial charge in [0.1, 0.15) is 5.82 Å². The van der Waals surface area contributed by atoms with Gasteiger partial charge in [0.15, 0.2) is 0 Å². The highest BCUT2D eigenvalue weighted by Crippen LogP contribution is 2.55. The van der Waals surface area contributed by atoms with E-state index in [1.807, 2.05) is 19.0 Å². The third-order valence-electron chi connectivity index (χ3n) is 7.53. The molecule has 6 nitrogen and oxygen atoms in total. The normalized spacial score (nSPS) is 28.1.